The van der Waals surface area contributed by atoms with Gasteiger partial charge >= 0.3 is 11.9 Å². The van der Waals surface area contributed by atoms with Gasteiger partial charge in [-0.05, 0) is 36.4 Å². The number of nitrogens with zero attached hydrogens (tertiary/aromatic N) is 7. The van der Waals surface area contributed by atoms with E-state index in [1.807, 2.05) is 0 Å². The number of carbonyl (C=O) groups is 1. The van der Waals surface area contributed by atoms with Gasteiger partial charge in [0, 0.05) is 16.8 Å². The molecule has 1 fully saturated rings. The van der Waals surface area contributed by atoms with Gasteiger partial charge in [0.05, 0.1) is 18.1 Å². The number of hydrogen-bond acceptors (Lipinski definition) is 7. The van der Waals surface area contributed by atoms with Crippen molar-refractivity contribution in [1.29, 1.82) is 0 Å². The molecule has 41 heavy (non-hydrogen) atoms. The van der Waals surface area contributed by atoms with Crippen LogP contribution in [0.3, 0.4) is 0 Å². The molecule has 216 valence electrons. The zero-order chi connectivity index (χ0) is 29.5. The smallest absolute Gasteiger partial charge is 0.341 e. The van der Waals surface area contributed by atoms with Gasteiger partial charge in [-0.1, -0.05) is 23.2 Å². The highest BCUT2D eigenvalue weighted by molar-refractivity contribution is 6.32. The van der Waals surface area contributed by atoms with Crippen molar-refractivity contribution in [2.24, 2.45) is 0 Å². The van der Waals surface area contributed by atoms with Gasteiger partial charge in [0.2, 0.25) is 5.91 Å². The standard InChI is InChI=1S/C23H18Cl2F5N9O2/c24-13-5-3-12(4-6-13)18-36-38(9-16-33-11-39(35-16)19-14(25)2-1-7-31-19)21(41)37(18)8-15(23(28,29)30)34-20(40)17-22(26,27)10-32-17/h1-7,11,15,17,32H,8-10H2,(H,34,40). The van der Waals surface area contributed by atoms with E-state index in [2.05, 4.69) is 25.5 Å². The van der Waals surface area contributed by atoms with E-state index >= 15 is 0 Å². The maximum Gasteiger partial charge on any atom is 0.410 e. The summed E-state index contributed by atoms with van der Waals surface area (Å²) < 4.78 is 72.0. The Bertz CT molecular complexity index is 1640. The molecule has 0 spiro atoms. The lowest BCUT2D eigenvalue weighted by Gasteiger charge is -2.37. The Morgan fingerprint density at radius 1 is 1.15 bits per heavy atom. The van der Waals surface area contributed by atoms with Crippen LogP contribution in [0.2, 0.25) is 10.0 Å². The molecule has 4 aromatic rings. The van der Waals surface area contributed by atoms with Crippen molar-refractivity contribution in [2.75, 3.05) is 6.54 Å². The van der Waals surface area contributed by atoms with Gasteiger partial charge in [-0.2, -0.15) is 13.2 Å². The van der Waals surface area contributed by atoms with Crippen LogP contribution < -0.4 is 16.3 Å². The van der Waals surface area contributed by atoms with Crippen molar-refractivity contribution in [3.8, 4) is 17.2 Å². The number of rotatable bonds is 8. The van der Waals surface area contributed by atoms with Gasteiger partial charge in [0.15, 0.2) is 23.5 Å². The summed E-state index contributed by atoms with van der Waals surface area (Å²) in [6, 6.07) is 4.11. The molecule has 0 radical (unpaired) electrons. The van der Waals surface area contributed by atoms with Crippen LogP contribution >= 0.6 is 23.2 Å². The molecule has 1 aromatic carbocycles. The average Bonchev–Trinajstić information content (AvgIpc) is 3.48. The van der Waals surface area contributed by atoms with Crippen molar-refractivity contribution in [2.45, 2.75) is 37.3 Å². The summed E-state index contributed by atoms with van der Waals surface area (Å²) in [5.41, 5.74) is -0.777. The molecule has 0 aliphatic carbocycles. The summed E-state index contributed by atoms with van der Waals surface area (Å²) in [6.45, 7) is -2.36. The zero-order valence-corrected chi connectivity index (χ0v) is 22.0. The number of carbonyl (C=O) groups excluding carboxylic acids is 1. The Hall–Kier alpha value is -3.89. The third-order valence-electron chi connectivity index (χ3n) is 6.11. The summed E-state index contributed by atoms with van der Waals surface area (Å²) in [4.78, 5) is 33.8. The summed E-state index contributed by atoms with van der Waals surface area (Å²) in [5, 5.41) is 12.7. The molecular weight excluding hydrogens is 600 g/mol. The SMILES string of the molecule is O=C(NC(Cn1c(-c2ccc(Cl)cc2)nn(Cc2ncn(-c3ncccc3Cl)n2)c1=O)C(F)(F)F)C1NCC1(F)F. The molecular formula is C23H18Cl2F5N9O2. The molecule has 2 N–H and O–H groups in total. The molecule has 5 rings (SSSR count). The molecule has 1 saturated heterocycles. The van der Waals surface area contributed by atoms with E-state index in [0.29, 0.717) is 9.59 Å². The molecule has 2 unspecified atom stereocenters. The summed E-state index contributed by atoms with van der Waals surface area (Å²) in [6.07, 6.45) is -2.34. The largest absolute Gasteiger partial charge is 0.410 e. The highest BCUT2D eigenvalue weighted by Crippen LogP contribution is 2.28. The minimum atomic E-state index is -5.10. The first-order chi connectivity index (χ1) is 19.3. The first-order valence-electron chi connectivity index (χ1n) is 11.8. The summed E-state index contributed by atoms with van der Waals surface area (Å²) >= 11 is 12.1. The van der Waals surface area contributed by atoms with E-state index in [1.165, 1.54) is 41.5 Å². The lowest BCUT2D eigenvalue weighted by molar-refractivity contribution is -0.172. The highest BCUT2D eigenvalue weighted by atomic mass is 35.5. The fourth-order valence-electron chi connectivity index (χ4n) is 3.98. The van der Waals surface area contributed by atoms with Crippen LogP contribution in [-0.2, 0) is 17.9 Å². The lowest BCUT2D eigenvalue weighted by Crippen LogP contribution is -2.70. The third-order valence-corrected chi connectivity index (χ3v) is 6.66. The first kappa shape index (κ1) is 28.6. The van der Waals surface area contributed by atoms with Crippen molar-refractivity contribution in [1.82, 2.24) is 44.7 Å². The highest BCUT2D eigenvalue weighted by Gasteiger charge is 2.54. The minimum Gasteiger partial charge on any atom is -0.341 e. The molecule has 1 amide bonds. The molecule has 11 nitrogen and oxygen atoms in total. The molecule has 1 aliphatic heterocycles. The third kappa shape index (κ3) is 5.94. The fraction of sp³-hybridized carbons (Fsp3) is 0.304. The average molecular weight is 618 g/mol. The molecule has 1 aliphatic rings. The van der Waals surface area contributed by atoms with E-state index in [0.717, 1.165) is 4.68 Å². The van der Waals surface area contributed by atoms with Gasteiger partial charge < -0.3 is 5.32 Å². The van der Waals surface area contributed by atoms with Crippen LogP contribution in [0.1, 0.15) is 5.82 Å². The summed E-state index contributed by atoms with van der Waals surface area (Å²) in [5.74, 6) is -4.95. The number of alkyl halides is 5. The van der Waals surface area contributed by atoms with Crippen LogP contribution in [0.25, 0.3) is 17.2 Å². The number of benzene rings is 1. The Morgan fingerprint density at radius 3 is 2.49 bits per heavy atom. The number of amides is 1. The number of halogens is 7. The second-order valence-electron chi connectivity index (χ2n) is 8.97. The maximum atomic E-state index is 14.0. The van der Waals surface area contributed by atoms with Crippen LogP contribution in [0, 0.1) is 0 Å². The Morgan fingerprint density at radius 2 is 1.88 bits per heavy atom. The van der Waals surface area contributed by atoms with E-state index in [4.69, 9.17) is 23.2 Å². The number of pyridine rings is 1. The van der Waals surface area contributed by atoms with E-state index in [1.54, 1.807) is 17.4 Å². The molecule has 4 heterocycles. The normalized spacial score (nSPS) is 17.2. The van der Waals surface area contributed by atoms with Crippen molar-refractivity contribution < 1.29 is 26.7 Å². The summed E-state index contributed by atoms with van der Waals surface area (Å²) in [7, 11) is 0. The molecule has 0 bridgehead atoms. The van der Waals surface area contributed by atoms with Crippen LogP contribution in [0.4, 0.5) is 22.0 Å². The monoisotopic (exact) mass is 617 g/mol. The second kappa shape index (κ2) is 10.8. The van der Waals surface area contributed by atoms with Crippen molar-refractivity contribution in [3.05, 3.63) is 75.3 Å². The first-order valence-corrected chi connectivity index (χ1v) is 12.5. The van der Waals surface area contributed by atoms with Gasteiger partial charge in [-0.25, -0.2) is 32.9 Å². The van der Waals surface area contributed by atoms with E-state index in [-0.39, 0.29) is 34.6 Å². The lowest BCUT2D eigenvalue weighted by atomic mass is 10.0. The molecule has 3 aromatic heterocycles. The predicted molar refractivity (Wildman–Crippen MR) is 135 cm³/mol. The van der Waals surface area contributed by atoms with Crippen LogP contribution in [0.15, 0.2) is 53.7 Å². The Kier molecular flexibility index (Phi) is 7.56. The van der Waals surface area contributed by atoms with Crippen LogP contribution in [0.5, 0.6) is 0 Å². The molecule has 2 atom stereocenters. The number of aromatic nitrogens is 7. The maximum absolute atomic E-state index is 14.0. The van der Waals surface area contributed by atoms with Crippen LogP contribution in [-0.4, -0.2) is 70.7 Å². The molecule has 18 heteroatoms. The minimum absolute atomic E-state index is 0.0556. The van der Waals surface area contributed by atoms with E-state index in [9.17, 15) is 31.5 Å². The van der Waals surface area contributed by atoms with E-state index < -0.39 is 48.9 Å². The van der Waals surface area contributed by atoms with Gasteiger partial charge in [0.25, 0.3) is 5.92 Å². The number of nitrogens with one attached hydrogen (secondary N) is 2. The predicted octanol–water partition coefficient (Wildman–Crippen LogP) is 2.70. The Labute approximate surface area is 236 Å². The second-order valence-corrected chi connectivity index (χ2v) is 9.82. The molecule has 0 saturated carbocycles. The fourth-order valence-corrected chi connectivity index (χ4v) is 4.32. The number of hydrogen-bond donors (Lipinski definition) is 2. The van der Waals surface area contributed by atoms with Gasteiger partial charge in [0.1, 0.15) is 18.9 Å². The van der Waals surface area contributed by atoms with Crippen molar-refractivity contribution >= 4 is 29.1 Å². The van der Waals surface area contributed by atoms with Gasteiger partial charge in [-0.15, -0.1) is 10.2 Å². The quantitative estimate of drug-likeness (QED) is 0.291. The van der Waals surface area contributed by atoms with Crippen molar-refractivity contribution in [3.63, 3.8) is 0 Å². The Balaban J connectivity index is 1.48. The zero-order valence-electron chi connectivity index (χ0n) is 20.5. The van der Waals surface area contributed by atoms with Gasteiger partial charge in [-0.3, -0.25) is 14.7 Å². The topological polar surface area (TPSA) is 125 Å².